The first-order valence-corrected chi connectivity index (χ1v) is 10.9. The van der Waals surface area contributed by atoms with E-state index in [-0.39, 0.29) is 17.9 Å². The number of pyridine rings is 1. The van der Waals surface area contributed by atoms with Gasteiger partial charge in [0.2, 0.25) is 0 Å². The molecule has 0 spiro atoms. The van der Waals surface area contributed by atoms with Crippen molar-refractivity contribution in [3.63, 3.8) is 0 Å². The molecule has 3 aromatic rings. The molecular formula is C24H28N4O4. The number of esters is 1. The number of methoxy groups -OCH3 is 1. The molecule has 0 saturated carbocycles. The summed E-state index contributed by atoms with van der Waals surface area (Å²) in [6.45, 7) is 5.89. The fraction of sp³-hybridized carbons (Fsp3) is 0.375. The number of imidazole rings is 1. The van der Waals surface area contributed by atoms with Crippen molar-refractivity contribution in [2.75, 3.05) is 31.7 Å². The van der Waals surface area contributed by atoms with E-state index in [9.17, 15) is 9.59 Å². The molecule has 4 rings (SSSR count). The molecule has 8 heteroatoms. The third kappa shape index (κ3) is 4.26. The van der Waals surface area contributed by atoms with Crippen LogP contribution in [0.3, 0.4) is 0 Å². The standard InChI is InChI=1S/C24H28N4O4/c1-4-32-20-8-6-14-28-21(16(2)25-22(20)28)23(29)26-18-7-5-13-27(15-18)19-11-9-17(10-12-19)24(30)31-3/h6,8-12,14,18H,4-5,7,13,15H2,1-3H3,(H,26,29)/t18-/m0/s1. The number of benzene rings is 1. The van der Waals surface area contributed by atoms with Crippen LogP contribution in [-0.2, 0) is 4.74 Å². The molecule has 8 nitrogen and oxygen atoms in total. The maximum Gasteiger partial charge on any atom is 0.337 e. The Hall–Kier alpha value is -3.55. The number of aromatic nitrogens is 2. The number of hydrogen-bond acceptors (Lipinski definition) is 6. The minimum Gasteiger partial charge on any atom is -0.490 e. The summed E-state index contributed by atoms with van der Waals surface area (Å²) in [4.78, 5) is 31.7. The van der Waals surface area contributed by atoms with E-state index < -0.39 is 0 Å². The van der Waals surface area contributed by atoms with E-state index in [0.29, 0.717) is 41.5 Å². The molecule has 1 aromatic carbocycles. The average Bonchev–Trinajstić information content (AvgIpc) is 3.16. The Balaban J connectivity index is 1.49. The van der Waals surface area contributed by atoms with Crippen molar-refractivity contribution in [3.05, 3.63) is 59.5 Å². The molecule has 3 heterocycles. The Bertz CT molecular complexity index is 1120. The first-order valence-electron chi connectivity index (χ1n) is 10.9. The number of piperidine rings is 1. The van der Waals surface area contributed by atoms with Crippen LogP contribution in [-0.4, -0.2) is 54.1 Å². The molecule has 1 amide bonds. The Morgan fingerprint density at radius 1 is 1.22 bits per heavy atom. The van der Waals surface area contributed by atoms with Crippen LogP contribution in [0.4, 0.5) is 5.69 Å². The van der Waals surface area contributed by atoms with E-state index >= 15 is 0 Å². The Morgan fingerprint density at radius 3 is 2.72 bits per heavy atom. The summed E-state index contributed by atoms with van der Waals surface area (Å²) >= 11 is 0. The van der Waals surface area contributed by atoms with Crippen molar-refractivity contribution in [1.29, 1.82) is 0 Å². The number of anilines is 1. The van der Waals surface area contributed by atoms with Gasteiger partial charge in [0.1, 0.15) is 5.69 Å². The summed E-state index contributed by atoms with van der Waals surface area (Å²) in [6, 6.07) is 11.1. The third-order valence-electron chi connectivity index (χ3n) is 5.71. The second-order valence-corrected chi connectivity index (χ2v) is 7.84. The molecule has 0 unspecified atom stereocenters. The third-order valence-corrected chi connectivity index (χ3v) is 5.71. The zero-order valence-electron chi connectivity index (χ0n) is 18.6. The topological polar surface area (TPSA) is 85.2 Å². The monoisotopic (exact) mass is 436 g/mol. The van der Waals surface area contributed by atoms with Crippen LogP contribution in [0.15, 0.2) is 42.6 Å². The fourth-order valence-electron chi connectivity index (χ4n) is 4.21. The van der Waals surface area contributed by atoms with E-state index in [4.69, 9.17) is 9.47 Å². The van der Waals surface area contributed by atoms with Gasteiger partial charge in [-0.3, -0.25) is 9.20 Å². The van der Waals surface area contributed by atoms with Crippen molar-refractivity contribution in [2.45, 2.75) is 32.7 Å². The van der Waals surface area contributed by atoms with E-state index in [1.165, 1.54) is 7.11 Å². The van der Waals surface area contributed by atoms with E-state index in [2.05, 4.69) is 15.2 Å². The second kappa shape index (κ2) is 9.30. The maximum absolute atomic E-state index is 13.2. The van der Waals surface area contributed by atoms with Gasteiger partial charge in [0, 0.05) is 31.0 Å². The largest absolute Gasteiger partial charge is 0.490 e. The van der Waals surface area contributed by atoms with Gasteiger partial charge >= 0.3 is 5.97 Å². The van der Waals surface area contributed by atoms with Crippen LogP contribution >= 0.6 is 0 Å². The van der Waals surface area contributed by atoms with Gasteiger partial charge in [-0.15, -0.1) is 0 Å². The van der Waals surface area contributed by atoms with Crippen molar-refractivity contribution < 1.29 is 19.1 Å². The summed E-state index contributed by atoms with van der Waals surface area (Å²) in [5, 5.41) is 3.19. The highest BCUT2D eigenvalue weighted by Gasteiger charge is 2.25. The number of aryl methyl sites for hydroxylation is 1. The fourth-order valence-corrected chi connectivity index (χ4v) is 4.21. The molecule has 0 aliphatic carbocycles. The summed E-state index contributed by atoms with van der Waals surface area (Å²) in [6.07, 6.45) is 3.70. The van der Waals surface area contributed by atoms with Crippen LogP contribution in [0, 0.1) is 6.92 Å². The predicted octanol–water partition coefficient (Wildman–Crippen LogP) is 3.23. The molecule has 1 N–H and O–H groups in total. The lowest BCUT2D eigenvalue weighted by Crippen LogP contribution is -2.48. The summed E-state index contributed by atoms with van der Waals surface area (Å²) in [5.41, 5.74) is 3.38. The number of carbonyl (C=O) groups excluding carboxylic acids is 2. The van der Waals surface area contributed by atoms with Crippen LogP contribution in [0.25, 0.3) is 5.65 Å². The predicted molar refractivity (Wildman–Crippen MR) is 122 cm³/mol. The lowest BCUT2D eigenvalue weighted by molar-refractivity contribution is 0.0600. The average molecular weight is 437 g/mol. The smallest absolute Gasteiger partial charge is 0.337 e. The van der Waals surface area contributed by atoms with Crippen molar-refractivity contribution >= 4 is 23.2 Å². The number of carbonyl (C=O) groups is 2. The molecule has 0 bridgehead atoms. The summed E-state index contributed by atoms with van der Waals surface area (Å²) < 4.78 is 12.2. The second-order valence-electron chi connectivity index (χ2n) is 7.84. The minimum atomic E-state index is -0.351. The number of amides is 1. The Kier molecular flexibility index (Phi) is 6.30. The summed E-state index contributed by atoms with van der Waals surface area (Å²) in [5.74, 6) is 0.171. The molecule has 1 fully saturated rings. The Morgan fingerprint density at radius 2 is 2.00 bits per heavy atom. The van der Waals surface area contributed by atoms with E-state index in [1.54, 1.807) is 16.5 Å². The van der Waals surface area contributed by atoms with Crippen LogP contribution in [0.2, 0.25) is 0 Å². The van der Waals surface area contributed by atoms with Gasteiger partial charge in [-0.2, -0.15) is 0 Å². The van der Waals surface area contributed by atoms with Gasteiger partial charge in [0.05, 0.1) is 25.0 Å². The van der Waals surface area contributed by atoms with Crippen molar-refractivity contribution in [1.82, 2.24) is 14.7 Å². The molecule has 168 valence electrons. The highest BCUT2D eigenvalue weighted by Crippen LogP contribution is 2.24. The van der Waals surface area contributed by atoms with Crippen LogP contribution < -0.4 is 15.0 Å². The van der Waals surface area contributed by atoms with Gasteiger partial charge < -0.3 is 19.7 Å². The lowest BCUT2D eigenvalue weighted by atomic mass is 10.0. The van der Waals surface area contributed by atoms with Crippen molar-refractivity contribution in [3.8, 4) is 5.75 Å². The molecule has 2 aromatic heterocycles. The summed E-state index contributed by atoms with van der Waals surface area (Å²) in [7, 11) is 1.37. The molecular weight excluding hydrogens is 408 g/mol. The van der Waals surface area contributed by atoms with Gasteiger partial charge in [0.15, 0.2) is 11.4 Å². The molecule has 32 heavy (non-hydrogen) atoms. The van der Waals surface area contributed by atoms with Crippen LogP contribution in [0.5, 0.6) is 5.75 Å². The van der Waals surface area contributed by atoms with Gasteiger partial charge in [-0.1, -0.05) is 0 Å². The first-order chi connectivity index (χ1) is 15.5. The molecule has 0 radical (unpaired) electrons. The SMILES string of the molecule is CCOc1cccn2c(C(=O)N[C@H]3CCCN(c4ccc(C(=O)OC)cc4)C3)c(C)nc12. The zero-order chi connectivity index (χ0) is 22.7. The number of nitrogens with one attached hydrogen (secondary N) is 1. The van der Waals surface area contributed by atoms with E-state index in [0.717, 1.165) is 25.1 Å². The van der Waals surface area contributed by atoms with E-state index in [1.807, 2.05) is 44.3 Å². The first kappa shape index (κ1) is 21.7. The number of hydrogen-bond donors (Lipinski definition) is 1. The number of nitrogens with zero attached hydrogens (tertiary/aromatic N) is 3. The molecule has 1 saturated heterocycles. The quantitative estimate of drug-likeness (QED) is 0.597. The van der Waals surface area contributed by atoms with Crippen LogP contribution in [0.1, 0.15) is 46.3 Å². The zero-order valence-corrected chi connectivity index (χ0v) is 18.6. The number of ether oxygens (including phenoxy) is 2. The lowest BCUT2D eigenvalue weighted by Gasteiger charge is -2.34. The Labute approximate surface area is 187 Å². The van der Waals surface area contributed by atoms with Gasteiger partial charge in [0.25, 0.3) is 5.91 Å². The minimum absolute atomic E-state index is 0.0107. The highest BCUT2D eigenvalue weighted by atomic mass is 16.5. The van der Waals surface area contributed by atoms with Gasteiger partial charge in [-0.05, 0) is 63.1 Å². The van der Waals surface area contributed by atoms with Crippen molar-refractivity contribution in [2.24, 2.45) is 0 Å². The maximum atomic E-state index is 13.2. The number of rotatable bonds is 6. The molecule has 1 atom stereocenters. The molecule has 1 aliphatic heterocycles. The molecule has 1 aliphatic rings. The van der Waals surface area contributed by atoms with Gasteiger partial charge in [-0.25, -0.2) is 9.78 Å². The number of fused-ring (bicyclic) bond motifs is 1. The highest BCUT2D eigenvalue weighted by molar-refractivity contribution is 5.95. The normalized spacial score (nSPS) is 16.1.